The molecule has 0 bridgehead atoms. The zero-order valence-electron chi connectivity index (χ0n) is 9.50. The predicted octanol–water partition coefficient (Wildman–Crippen LogP) is 2.08. The summed E-state index contributed by atoms with van der Waals surface area (Å²) in [6, 6.07) is 5.38. The van der Waals surface area contributed by atoms with Crippen molar-refractivity contribution in [3.63, 3.8) is 0 Å². The summed E-state index contributed by atoms with van der Waals surface area (Å²) in [7, 11) is 1.47. The van der Waals surface area contributed by atoms with Crippen molar-refractivity contribution in [1.29, 1.82) is 0 Å². The maximum atomic E-state index is 11.7. The van der Waals surface area contributed by atoms with Gasteiger partial charge in [-0.05, 0) is 35.5 Å². The maximum absolute atomic E-state index is 11.7. The van der Waals surface area contributed by atoms with E-state index in [0.717, 1.165) is 22.2 Å². The topological polar surface area (TPSA) is 55.8 Å². The number of ether oxygens (including phenoxy) is 2. The smallest absolute Gasteiger partial charge is 0.293 e. The fourth-order valence-electron chi connectivity index (χ4n) is 1.70. The third kappa shape index (κ3) is 1.74. The molecule has 2 heterocycles. The van der Waals surface area contributed by atoms with Crippen LogP contribution in [-0.2, 0) is 4.79 Å². The molecule has 0 N–H and O–H groups in total. The van der Waals surface area contributed by atoms with Crippen molar-refractivity contribution in [2.45, 2.75) is 0 Å². The number of nitrogens with zero attached hydrogens (tertiary/aromatic N) is 1. The van der Waals surface area contributed by atoms with Crippen LogP contribution >= 0.6 is 11.8 Å². The highest BCUT2D eigenvalue weighted by Gasteiger charge is 2.31. The Labute approximate surface area is 107 Å². The molecule has 0 aromatic heterocycles. The van der Waals surface area contributed by atoms with Crippen LogP contribution in [-0.4, -0.2) is 29.9 Å². The van der Waals surface area contributed by atoms with E-state index in [-0.39, 0.29) is 17.9 Å². The Hall–Kier alpha value is -1.95. The number of rotatable bonds is 1. The molecule has 18 heavy (non-hydrogen) atoms. The second kappa shape index (κ2) is 4.06. The third-order valence-corrected chi connectivity index (χ3v) is 3.64. The summed E-state index contributed by atoms with van der Waals surface area (Å²) in [5.74, 6) is 1.07. The van der Waals surface area contributed by atoms with Crippen LogP contribution in [0.4, 0.5) is 4.79 Å². The predicted molar refractivity (Wildman–Crippen MR) is 66.3 cm³/mol. The molecule has 0 aliphatic carbocycles. The Morgan fingerprint density at radius 3 is 2.78 bits per heavy atom. The minimum absolute atomic E-state index is 0.213. The Morgan fingerprint density at radius 2 is 2.06 bits per heavy atom. The molecule has 2 amide bonds. The SMILES string of the molecule is CN1C(=O)SC(=Cc2ccc3c(c2)OCO3)C1=O. The lowest BCUT2D eigenvalue weighted by molar-refractivity contribution is -0.121. The molecule has 1 aromatic rings. The number of amides is 2. The Kier molecular flexibility index (Phi) is 2.52. The van der Waals surface area contributed by atoms with Gasteiger partial charge in [0.25, 0.3) is 11.1 Å². The number of imide groups is 1. The highest BCUT2D eigenvalue weighted by Crippen LogP contribution is 2.35. The van der Waals surface area contributed by atoms with Gasteiger partial charge in [0.05, 0.1) is 4.91 Å². The first-order valence-corrected chi connectivity index (χ1v) is 6.08. The molecule has 2 aliphatic rings. The third-order valence-electron chi connectivity index (χ3n) is 2.68. The lowest BCUT2D eigenvalue weighted by atomic mass is 10.2. The number of thioether (sulfide) groups is 1. The Bertz CT molecular complexity index is 581. The molecule has 0 saturated carbocycles. The van der Waals surface area contributed by atoms with E-state index in [9.17, 15) is 9.59 Å². The summed E-state index contributed by atoms with van der Waals surface area (Å²) in [6.45, 7) is 0.213. The molecule has 3 rings (SSSR count). The molecule has 5 nitrogen and oxygen atoms in total. The van der Waals surface area contributed by atoms with Gasteiger partial charge < -0.3 is 9.47 Å². The van der Waals surface area contributed by atoms with Crippen LogP contribution in [0.25, 0.3) is 6.08 Å². The van der Waals surface area contributed by atoms with Crippen molar-refractivity contribution in [3.8, 4) is 11.5 Å². The van der Waals surface area contributed by atoms with Gasteiger partial charge >= 0.3 is 0 Å². The minimum Gasteiger partial charge on any atom is -0.454 e. The van der Waals surface area contributed by atoms with E-state index < -0.39 is 0 Å². The molecule has 0 unspecified atom stereocenters. The van der Waals surface area contributed by atoms with Gasteiger partial charge in [-0.15, -0.1) is 0 Å². The van der Waals surface area contributed by atoms with Crippen LogP contribution in [0.3, 0.4) is 0 Å². The van der Waals surface area contributed by atoms with Gasteiger partial charge in [0.1, 0.15) is 0 Å². The zero-order valence-corrected chi connectivity index (χ0v) is 10.3. The van der Waals surface area contributed by atoms with E-state index in [1.54, 1.807) is 18.2 Å². The lowest BCUT2D eigenvalue weighted by Crippen LogP contribution is -2.22. The summed E-state index contributed by atoms with van der Waals surface area (Å²) >= 11 is 0.936. The number of hydrogen-bond donors (Lipinski definition) is 0. The highest BCUT2D eigenvalue weighted by atomic mass is 32.2. The number of carbonyl (C=O) groups excluding carboxylic acids is 2. The molecule has 1 aromatic carbocycles. The molecule has 1 saturated heterocycles. The molecule has 0 spiro atoms. The quantitative estimate of drug-likeness (QED) is 0.726. The van der Waals surface area contributed by atoms with E-state index in [1.165, 1.54) is 7.05 Å². The fraction of sp³-hybridized carbons (Fsp3) is 0.167. The average molecular weight is 263 g/mol. The van der Waals surface area contributed by atoms with Gasteiger partial charge in [-0.1, -0.05) is 6.07 Å². The molecule has 1 fully saturated rings. The Morgan fingerprint density at radius 1 is 1.28 bits per heavy atom. The van der Waals surface area contributed by atoms with Crippen LogP contribution in [0.15, 0.2) is 23.1 Å². The van der Waals surface area contributed by atoms with Crippen molar-refractivity contribution in [2.24, 2.45) is 0 Å². The van der Waals surface area contributed by atoms with E-state index in [0.29, 0.717) is 16.4 Å². The number of hydrogen-bond acceptors (Lipinski definition) is 5. The normalized spacial score (nSPS) is 20.1. The van der Waals surface area contributed by atoms with E-state index >= 15 is 0 Å². The standard InChI is InChI=1S/C12H9NO4S/c1-13-11(14)10(18-12(13)15)5-7-2-3-8-9(4-7)17-6-16-8/h2-5H,6H2,1H3. The first kappa shape index (κ1) is 11.2. The van der Waals surface area contributed by atoms with Gasteiger partial charge in [-0.2, -0.15) is 0 Å². The minimum atomic E-state index is -0.275. The van der Waals surface area contributed by atoms with Crippen molar-refractivity contribution in [1.82, 2.24) is 4.90 Å². The zero-order chi connectivity index (χ0) is 12.7. The summed E-state index contributed by atoms with van der Waals surface area (Å²) in [5.41, 5.74) is 0.804. The number of carbonyl (C=O) groups is 2. The Balaban J connectivity index is 1.93. The summed E-state index contributed by atoms with van der Waals surface area (Å²) in [6.07, 6.45) is 1.68. The van der Waals surface area contributed by atoms with E-state index in [1.807, 2.05) is 6.07 Å². The maximum Gasteiger partial charge on any atom is 0.293 e. The van der Waals surface area contributed by atoms with Crippen molar-refractivity contribution in [3.05, 3.63) is 28.7 Å². The van der Waals surface area contributed by atoms with Gasteiger partial charge in [-0.25, -0.2) is 0 Å². The fourth-order valence-corrected chi connectivity index (χ4v) is 2.53. The van der Waals surface area contributed by atoms with Crippen LogP contribution in [0.5, 0.6) is 11.5 Å². The highest BCUT2D eigenvalue weighted by molar-refractivity contribution is 8.18. The van der Waals surface area contributed by atoms with E-state index in [4.69, 9.17) is 9.47 Å². The monoisotopic (exact) mass is 263 g/mol. The van der Waals surface area contributed by atoms with Gasteiger partial charge in [-0.3, -0.25) is 14.5 Å². The molecule has 6 heteroatoms. The largest absolute Gasteiger partial charge is 0.454 e. The van der Waals surface area contributed by atoms with Crippen LogP contribution in [0.2, 0.25) is 0 Å². The first-order valence-electron chi connectivity index (χ1n) is 5.26. The number of fused-ring (bicyclic) bond motifs is 1. The molecule has 0 atom stereocenters. The van der Waals surface area contributed by atoms with Crippen molar-refractivity contribution < 1.29 is 19.1 Å². The molecular weight excluding hydrogens is 254 g/mol. The second-order valence-corrected chi connectivity index (χ2v) is 4.85. The number of benzene rings is 1. The molecule has 2 aliphatic heterocycles. The van der Waals surface area contributed by atoms with Crippen LogP contribution < -0.4 is 9.47 Å². The summed E-state index contributed by atoms with van der Waals surface area (Å²) in [5, 5.41) is -0.257. The van der Waals surface area contributed by atoms with Gasteiger partial charge in [0, 0.05) is 7.05 Å². The van der Waals surface area contributed by atoms with Crippen LogP contribution in [0.1, 0.15) is 5.56 Å². The van der Waals surface area contributed by atoms with Gasteiger partial charge in [0.2, 0.25) is 6.79 Å². The average Bonchev–Trinajstić information content (AvgIpc) is 2.91. The van der Waals surface area contributed by atoms with Gasteiger partial charge in [0.15, 0.2) is 11.5 Å². The first-order chi connectivity index (χ1) is 8.65. The summed E-state index contributed by atoms with van der Waals surface area (Å²) < 4.78 is 10.5. The summed E-state index contributed by atoms with van der Waals surface area (Å²) in [4.78, 5) is 24.6. The molecule has 92 valence electrons. The van der Waals surface area contributed by atoms with Crippen molar-refractivity contribution >= 4 is 29.0 Å². The lowest BCUT2D eigenvalue weighted by Gasteiger charge is -2.01. The molecular formula is C12H9NO4S. The number of likely N-dealkylation sites (N-methyl/N-ethyl adjacent to an activating group) is 1. The van der Waals surface area contributed by atoms with E-state index in [2.05, 4.69) is 0 Å². The molecule has 0 radical (unpaired) electrons. The van der Waals surface area contributed by atoms with Crippen LogP contribution in [0, 0.1) is 0 Å². The van der Waals surface area contributed by atoms with Crippen molar-refractivity contribution in [2.75, 3.05) is 13.8 Å². The second-order valence-electron chi connectivity index (χ2n) is 3.85.